The van der Waals surface area contributed by atoms with Crippen molar-refractivity contribution in [3.8, 4) is 5.75 Å². The summed E-state index contributed by atoms with van der Waals surface area (Å²) in [5, 5.41) is 7.59. The molecule has 0 radical (unpaired) electrons. The van der Waals surface area contributed by atoms with Crippen LogP contribution in [0.1, 0.15) is 49.1 Å². The van der Waals surface area contributed by atoms with Crippen LogP contribution >= 0.6 is 0 Å². The van der Waals surface area contributed by atoms with E-state index in [4.69, 9.17) is 9.26 Å². The van der Waals surface area contributed by atoms with Gasteiger partial charge in [-0.05, 0) is 37.9 Å². The van der Waals surface area contributed by atoms with Crippen LogP contribution in [0.4, 0.5) is 0 Å². The van der Waals surface area contributed by atoms with Crippen LogP contribution in [0.5, 0.6) is 5.75 Å². The Kier molecular flexibility index (Phi) is 3.15. The van der Waals surface area contributed by atoms with Crippen molar-refractivity contribution < 1.29 is 9.26 Å². The molecule has 0 amide bonds. The molecule has 21 heavy (non-hydrogen) atoms. The number of ether oxygens (including phenoxy) is 1. The monoisotopic (exact) mass is 285 g/mol. The summed E-state index contributed by atoms with van der Waals surface area (Å²) in [7, 11) is 0. The first-order chi connectivity index (χ1) is 10.3. The molecule has 1 saturated heterocycles. The van der Waals surface area contributed by atoms with E-state index in [1.165, 1.54) is 5.56 Å². The number of rotatable bonds is 2. The maximum absolute atomic E-state index is 5.92. The van der Waals surface area contributed by atoms with E-state index in [0.29, 0.717) is 17.8 Å². The molecule has 5 heteroatoms. The number of fused-ring (bicyclic) bond motifs is 1. The highest BCUT2D eigenvalue weighted by Crippen LogP contribution is 2.36. The van der Waals surface area contributed by atoms with E-state index in [2.05, 4.69) is 28.4 Å². The lowest BCUT2D eigenvalue weighted by atomic mass is 9.93. The number of nitrogens with one attached hydrogen (secondary N) is 1. The van der Waals surface area contributed by atoms with E-state index in [9.17, 15) is 0 Å². The number of nitrogens with zero attached hydrogens (tertiary/aromatic N) is 2. The van der Waals surface area contributed by atoms with E-state index in [0.717, 1.165) is 37.4 Å². The van der Waals surface area contributed by atoms with Gasteiger partial charge in [0.25, 0.3) is 0 Å². The fourth-order valence-corrected chi connectivity index (χ4v) is 3.23. The summed E-state index contributed by atoms with van der Waals surface area (Å²) < 4.78 is 11.4. The summed E-state index contributed by atoms with van der Waals surface area (Å²) in [5.74, 6) is 2.74. The molecule has 0 aliphatic carbocycles. The first-order valence-electron chi connectivity index (χ1n) is 7.61. The van der Waals surface area contributed by atoms with Crippen molar-refractivity contribution in [2.75, 3.05) is 6.54 Å². The average molecular weight is 285 g/mol. The zero-order chi connectivity index (χ0) is 14.2. The highest BCUT2D eigenvalue weighted by Gasteiger charge is 2.30. The Morgan fingerprint density at radius 3 is 3.05 bits per heavy atom. The predicted octanol–water partition coefficient (Wildman–Crippen LogP) is 2.60. The molecule has 4 rings (SSSR count). The lowest BCUT2D eigenvalue weighted by molar-refractivity contribution is 0.220. The number of hydrogen-bond acceptors (Lipinski definition) is 5. The van der Waals surface area contributed by atoms with Gasteiger partial charge in [-0.2, -0.15) is 4.98 Å². The highest BCUT2D eigenvalue weighted by atomic mass is 16.5. The van der Waals surface area contributed by atoms with E-state index >= 15 is 0 Å². The Hall–Kier alpha value is -1.88. The van der Waals surface area contributed by atoms with Gasteiger partial charge < -0.3 is 14.6 Å². The van der Waals surface area contributed by atoms with Gasteiger partial charge in [-0.3, -0.25) is 0 Å². The number of piperidine rings is 1. The van der Waals surface area contributed by atoms with Crippen molar-refractivity contribution >= 4 is 0 Å². The van der Waals surface area contributed by atoms with Gasteiger partial charge in [0.2, 0.25) is 11.7 Å². The number of benzene rings is 1. The topological polar surface area (TPSA) is 60.2 Å². The summed E-state index contributed by atoms with van der Waals surface area (Å²) in [4.78, 5) is 4.60. The van der Waals surface area contributed by atoms with Crippen LogP contribution in [-0.4, -0.2) is 22.7 Å². The quantitative estimate of drug-likeness (QED) is 0.919. The molecule has 0 spiro atoms. The minimum absolute atomic E-state index is 0.112. The van der Waals surface area contributed by atoms with Gasteiger partial charge >= 0.3 is 0 Å². The Bertz CT molecular complexity index is 615. The van der Waals surface area contributed by atoms with Gasteiger partial charge in [-0.25, -0.2) is 0 Å². The summed E-state index contributed by atoms with van der Waals surface area (Å²) in [6.07, 6.45) is 2.81. The molecular formula is C16H19N3O2. The highest BCUT2D eigenvalue weighted by molar-refractivity contribution is 5.37. The fraction of sp³-hybridized carbons (Fsp3) is 0.500. The lowest BCUT2D eigenvalue weighted by Crippen LogP contribution is -2.34. The molecular weight excluding hydrogens is 266 g/mol. The molecule has 5 nitrogen and oxygen atoms in total. The number of para-hydroxylation sites is 1. The van der Waals surface area contributed by atoms with Crippen molar-refractivity contribution in [1.29, 1.82) is 0 Å². The Labute approximate surface area is 123 Å². The molecule has 3 heterocycles. The van der Waals surface area contributed by atoms with E-state index in [1.807, 2.05) is 18.2 Å². The second-order valence-electron chi connectivity index (χ2n) is 5.99. The van der Waals surface area contributed by atoms with Gasteiger partial charge in [0, 0.05) is 18.4 Å². The summed E-state index contributed by atoms with van der Waals surface area (Å²) in [5.41, 5.74) is 1.21. The third kappa shape index (κ3) is 2.42. The maximum Gasteiger partial charge on any atom is 0.229 e. The molecule has 0 saturated carbocycles. The van der Waals surface area contributed by atoms with Gasteiger partial charge in [0.15, 0.2) is 6.10 Å². The SMILES string of the molecule is CC1CC(c2nc(C3Cc4ccccc4O3)no2)CCN1. The van der Waals surface area contributed by atoms with E-state index < -0.39 is 0 Å². The third-order valence-electron chi connectivity index (χ3n) is 4.37. The minimum atomic E-state index is -0.112. The molecule has 1 N–H and O–H groups in total. The summed E-state index contributed by atoms with van der Waals surface area (Å²) in [6, 6.07) is 8.60. The summed E-state index contributed by atoms with van der Waals surface area (Å²) in [6.45, 7) is 3.20. The molecule has 2 aliphatic heterocycles. The van der Waals surface area contributed by atoms with E-state index in [-0.39, 0.29) is 6.10 Å². The standard InChI is InChI=1S/C16H19N3O2/c1-10-8-12(6-7-17-10)16-18-15(19-21-16)14-9-11-4-2-3-5-13(11)20-14/h2-5,10,12,14,17H,6-9H2,1H3. The number of hydrogen-bond donors (Lipinski definition) is 1. The van der Waals surface area contributed by atoms with E-state index in [1.54, 1.807) is 0 Å². The minimum Gasteiger partial charge on any atom is -0.482 e. The molecule has 2 aliphatic rings. The zero-order valence-electron chi connectivity index (χ0n) is 12.1. The zero-order valence-corrected chi connectivity index (χ0v) is 12.1. The largest absolute Gasteiger partial charge is 0.482 e. The van der Waals surface area contributed by atoms with Crippen LogP contribution < -0.4 is 10.1 Å². The van der Waals surface area contributed by atoms with Crippen molar-refractivity contribution in [1.82, 2.24) is 15.5 Å². The second-order valence-corrected chi connectivity index (χ2v) is 5.99. The van der Waals surface area contributed by atoms with Gasteiger partial charge in [-0.15, -0.1) is 0 Å². The van der Waals surface area contributed by atoms with Gasteiger partial charge in [0.1, 0.15) is 5.75 Å². The van der Waals surface area contributed by atoms with Crippen LogP contribution in [0, 0.1) is 0 Å². The second kappa shape index (κ2) is 5.15. The maximum atomic E-state index is 5.92. The number of aromatic nitrogens is 2. The van der Waals surface area contributed by atoms with Crippen LogP contribution in [0.25, 0.3) is 0 Å². The summed E-state index contributed by atoms with van der Waals surface area (Å²) >= 11 is 0. The molecule has 3 atom stereocenters. The first-order valence-corrected chi connectivity index (χ1v) is 7.61. The molecule has 110 valence electrons. The first kappa shape index (κ1) is 12.8. The van der Waals surface area contributed by atoms with Crippen LogP contribution in [0.2, 0.25) is 0 Å². The smallest absolute Gasteiger partial charge is 0.229 e. The van der Waals surface area contributed by atoms with Gasteiger partial charge in [-0.1, -0.05) is 23.4 Å². The molecule has 3 unspecified atom stereocenters. The lowest BCUT2D eigenvalue weighted by Gasteiger charge is -2.25. The molecule has 1 aromatic carbocycles. The van der Waals surface area contributed by atoms with Crippen molar-refractivity contribution in [3.05, 3.63) is 41.5 Å². The van der Waals surface area contributed by atoms with Crippen molar-refractivity contribution in [2.24, 2.45) is 0 Å². The normalized spacial score (nSPS) is 28.1. The Morgan fingerprint density at radius 1 is 1.29 bits per heavy atom. The average Bonchev–Trinajstić information content (AvgIpc) is 3.14. The molecule has 1 fully saturated rings. The molecule has 0 bridgehead atoms. The van der Waals surface area contributed by atoms with Crippen LogP contribution in [0.15, 0.2) is 28.8 Å². The molecule has 2 aromatic rings. The predicted molar refractivity (Wildman–Crippen MR) is 77.3 cm³/mol. The van der Waals surface area contributed by atoms with Crippen molar-refractivity contribution in [2.45, 2.75) is 44.2 Å². The Morgan fingerprint density at radius 2 is 2.19 bits per heavy atom. The fourth-order valence-electron chi connectivity index (χ4n) is 3.23. The van der Waals surface area contributed by atoms with Gasteiger partial charge in [0.05, 0.1) is 0 Å². The third-order valence-corrected chi connectivity index (χ3v) is 4.37. The van der Waals surface area contributed by atoms with Crippen LogP contribution in [0.3, 0.4) is 0 Å². The Balaban J connectivity index is 1.51. The molecule has 1 aromatic heterocycles. The van der Waals surface area contributed by atoms with Crippen LogP contribution in [-0.2, 0) is 6.42 Å². The van der Waals surface area contributed by atoms with Crippen molar-refractivity contribution in [3.63, 3.8) is 0 Å².